The first-order chi connectivity index (χ1) is 14.8. The van der Waals surface area contributed by atoms with E-state index in [2.05, 4.69) is 10.0 Å². The molecule has 3 atom stereocenters. The van der Waals surface area contributed by atoms with E-state index in [4.69, 9.17) is 15.0 Å². The van der Waals surface area contributed by atoms with Crippen molar-refractivity contribution in [1.82, 2.24) is 0 Å². The number of hydrogen-bond acceptors (Lipinski definition) is 4. The highest BCUT2D eigenvalue weighted by molar-refractivity contribution is 5.47. The van der Waals surface area contributed by atoms with Crippen LogP contribution in [0.25, 0.3) is 10.4 Å². The lowest BCUT2D eigenvalue weighted by Gasteiger charge is -2.37. The van der Waals surface area contributed by atoms with Crippen LogP contribution >= 0.6 is 0 Å². The van der Waals surface area contributed by atoms with Crippen LogP contribution in [0.2, 0.25) is 0 Å². The highest BCUT2D eigenvalue weighted by Gasteiger charge is 2.41. The van der Waals surface area contributed by atoms with Crippen molar-refractivity contribution in [3.63, 3.8) is 0 Å². The molecular formula is C24H23N3O3. The monoisotopic (exact) mass is 401 g/mol. The van der Waals surface area contributed by atoms with Crippen molar-refractivity contribution >= 4 is 0 Å². The van der Waals surface area contributed by atoms with E-state index in [1.165, 1.54) is 0 Å². The molecule has 30 heavy (non-hydrogen) atoms. The Morgan fingerprint density at radius 2 is 1.37 bits per heavy atom. The van der Waals surface area contributed by atoms with E-state index in [-0.39, 0.29) is 13.2 Å². The largest absolute Gasteiger partial charge is 0.390 e. The predicted molar refractivity (Wildman–Crippen MR) is 114 cm³/mol. The van der Waals surface area contributed by atoms with Gasteiger partial charge in [-0.1, -0.05) is 96.1 Å². The average Bonchev–Trinajstić information content (AvgIpc) is 3.16. The smallest absolute Gasteiger partial charge is 0.143 e. The molecule has 1 heterocycles. The summed E-state index contributed by atoms with van der Waals surface area (Å²) in [6.07, 6.45) is -1.37. The average molecular weight is 401 g/mol. The summed E-state index contributed by atoms with van der Waals surface area (Å²) in [7, 11) is 0. The molecule has 0 aliphatic carbocycles. The predicted octanol–water partition coefficient (Wildman–Crippen LogP) is 4.43. The first kappa shape index (κ1) is 20.1. The molecule has 6 heteroatoms. The van der Waals surface area contributed by atoms with Crippen LogP contribution in [0.5, 0.6) is 0 Å². The summed E-state index contributed by atoms with van der Waals surface area (Å²) in [5.74, 6) is 0. The second-order valence-electron chi connectivity index (χ2n) is 7.22. The van der Waals surface area contributed by atoms with Gasteiger partial charge >= 0.3 is 0 Å². The highest BCUT2D eigenvalue weighted by atomic mass is 16.6. The van der Waals surface area contributed by atoms with Crippen LogP contribution < -0.4 is 0 Å². The van der Waals surface area contributed by atoms with Gasteiger partial charge in [0, 0.05) is 4.91 Å². The Kier molecular flexibility index (Phi) is 6.12. The molecule has 1 aliphatic heterocycles. The molecule has 0 amide bonds. The fraction of sp³-hybridized carbons (Fsp3) is 0.250. The van der Waals surface area contributed by atoms with E-state index in [0.29, 0.717) is 0 Å². The van der Waals surface area contributed by atoms with Gasteiger partial charge in [-0.05, 0) is 22.2 Å². The van der Waals surface area contributed by atoms with E-state index >= 15 is 0 Å². The maximum absolute atomic E-state index is 10.1. The molecule has 1 aliphatic rings. The van der Waals surface area contributed by atoms with Crippen molar-refractivity contribution in [2.75, 3.05) is 13.2 Å². The zero-order chi connectivity index (χ0) is 20.8. The minimum absolute atomic E-state index is 0.118. The quantitative estimate of drug-likeness (QED) is 0.275. The molecule has 0 aromatic heterocycles. The fourth-order valence-corrected chi connectivity index (χ4v) is 4.00. The third kappa shape index (κ3) is 3.82. The minimum atomic E-state index is -0.887. The van der Waals surface area contributed by atoms with Gasteiger partial charge in [0.15, 0.2) is 0 Å². The Balaban J connectivity index is 1.80. The van der Waals surface area contributed by atoms with Gasteiger partial charge in [0.2, 0.25) is 0 Å². The molecule has 1 fully saturated rings. The molecule has 0 bridgehead atoms. The lowest BCUT2D eigenvalue weighted by atomic mass is 9.80. The van der Waals surface area contributed by atoms with Crippen LogP contribution in [0.15, 0.2) is 96.1 Å². The van der Waals surface area contributed by atoms with Crippen LogP contribution in [0.1, 0.15) is 16.7 Å². The summed E-state index contributed by atoms with van der Waals surface area (Å²) >= 11 is 0. The summed E-state index contributed by atoms with van der Waals surface area (Å²) in [6.45, 7) is 0.270. The van der Waals surface area contributed by atoms with Crippen LogP contribution in [-0.4, -0.2) is 36.6 Å². The molecular weight excluding hydrogens is 378 g/mol. The number of ether oxygens (including phenoxy) is 2. The number of aliphatic hydroxyl groups excluding tert-OH is 1. The van der Waals surface area contributed by atoms with Crippen molar-refractivity contribution in [2.45, 2.75) is 23.9 Å². The summed E-state index contributed by atoms with van der Waals surface area (Å²) in [4.78, 5) is 2.87. The molecule has 3 aromatic rings. The number of azide groups is 1. The first-order valence-corrected chi connectivity index (χ1v) is 9.90. The van der Waals surface area contributed by atoms with Gasteiger partial charge in [-0.3, -0.25) is 0 Å². The number of aliphatic hydroxyl groups is 1. The summed E-state index contributed by atoms with van der Waals surface area (Å²) in [5, 5.41) is 13.9. The Hall–Kier alpha value is -3.15. The molecule has 4 rings (SSSR count). The van der Waals surface area contributed by atoms with Crippen molar-refractivity contribution in [3.8, 4) is 0 Å². The van der Waals surface area contributed by atoms with E-state index in [1.807, 2.05) is 91.0 Å². The first-order valence-electron chi connectivity index (χ1n) is 9.90. The Bertz CT molecular complexity index is 895. The maximum atomic E-state index is 10.1. The van der Waals surface area contributed by atoms with Crippen LogP contribution in [0.4, 0.5) is 0 Å². The highest BCUT2D eigenvalue weighted by Crippen LogP contribution is 2.41. The molecule has 3 aromatic carbocycles. The second kappa shape index (κ2) is 9.11. The third-order valence-electron chi connectivity index (χ3n) is 5.45. The zero-order valence-corrected chi connectivity index (χ0v) is 16.4. The van der Waals surface area contributed by atoms with E-state index in [9.17, 15) is 5.11 Å². The normalized spacial score (nSPS) is 21.2. The van der Waals surface area contributed by atoms with Gasteiger partial charge in [-0.2, -0.15) is 0 Å². The topological polar surface area (TPSA) is 87.5 Å². The van der Waals surface area contributed by atoms with Crippen LogP contribution in [0.3, 0.4) is 0 Å². The third-order valence-corrected chi connectivity index (χ3v) is 5.45. The zero-order valence-electron chi connectivity index (χ0n) is 16.4. The van der Waals surface area contributed by atoms with Gasteiger partial charge in [0.1, 0.15) is 5.60 Å². The van der Waals surface area contributed by atoms with Gasteiger partial charge in [0.25, 0.3) is 0 Å². The molecule has 1 N–H and O–H groups in total. The number of benzene rings is 3. The molecule has 1 saturated heterocycles. The lowest BCUT2D eigenvalue weighted by Crippen LogP contribution is -2.38. The SMILES string of the molecule is [N-]=[N+]=N[C@@H]1[C@@H](O)CO[C@@H]1COC(c1ccccc1)(c1ccccc1)c1ccccc1. The Morgan fingerprint density at radius 3 is 1.80 bits per heavy atom. The summed E-state index contributed by atoms with van der Waals surface area (Å²) in [6, 6.07) is 29.4. The maximum Gasteiger partial charge on any atom is 0.143 e. The summed E-state index contributed by atoms with van der Waals surface area (Å²) in [5.41, 5.74) is 10.9. The van der Waals surface area contributed by atoms with Crippen molar-refractivity contribution in [1.29, 1.82) is 0 Å². The van der Waals surface area contributed by atoms with Crippen LogP contribution in [-0.2, 0) is 15.1 Å². The molecule has 0 saturated carbocycles. The van der Waals surface area contributed by atoms with Crippen LogP contribution in [0, 0.1) is 0 Å². The second-order valence-corrected chi connectivity index (χ2v) is 7.22. The lowest BCUT2D eigenvalue weighted by molar-refractivity contribution is -0.0487. The van der Waals surface area contributed by atoms with Gasteiger partial charge in [-0.15, -0.1) is 0 Å². The van der Waals surface area contributed by atoms with E-state index in [0.717, 1.165) is 16.7 Å². The summed E-state index contributed by atoms with van der Waals surface area (Å²) < 4.78 is 12.4. The number of rotatable bonds is 7. The number of nitrogens with zero attached hydrogens (tertiary/aromatic N) is 3. The molecule has 152 valence electrons. The Labute approximate surface area is 175 Å². The molecule has 6 nitrogen and oxygen atoms in total. The van der Waals surface area contributed by atoms with Gasteiger partial charge in [0.05, 0.1) is 31.5 Å². The standard InChI is InChI=1S/C24H23N3O3/c25-27-26-23-21(28)16-29-22(23)17-30-24(18-10-4-1-5-11-18,19-12-6-2-7-13-19)20-14-8-3-9-15-20/h1-15,21-23,28H,16-17H2/t21-,22+,23+/m0/s1. The Morgan fingerprint density at radius 1 is 0.900 bits per heavy atom. The van der Waals surface area contributed by atoms with Crippen molar-refractivity contribution in [2.24, 2.45) is 5.11 Å². The van der Waals surface area contributed by atoms with Gasteiger partial charge in [-0.25, -0.2) is 0 Å². The van der Waals surface area contributed by atoms with Crippen molar-refractivity contribution < 1.29 is 14.6 Å². The van der Waals surface area contributed by atoms with E-state index in [1.54, 1.807) is 0 Å². The minimum Gasteiger partial charge on any atom is -0.390 e. The van der Waals surface area contributed by atoms with Crippen molar-refractivity contribution in [3.05, 3.63) is 118 Å². The number of hydrogen-bond donors (Lipinski definition) is 1. The van der Waals surface area contributed by atoms with Gasteiger partial charge < -0.3 is 14.6 Å². The molecule has 0 radical (unpaired) electrons. The molecule has 0 spiro atoms. The molecule has 0 unspecified atom stereocenters. The van der Waals surface area contributed by atoms with E-state index < -0.39 is 23.9 Å². The fourth-order valence-electron chi connectivity index (χ4n) is 4.00.